The first-order valence-electron chi connectivity index (χ1n) is 5.18. The van der Waals surface area contributed by atoms with E-state index in [9.17, 15) is 9.59 Å². The number of hydrazine groups is 1. The Balaban J connectivity index is 2.61. The smallest absolute Gasteiger partial charge is 0.414 e. The minimum Gasteiger partial charge on any atom is -0.414 e. The van der Waals surface area contributed by atoms with Gasteiger partial charge in [-0.05, 0) is 5.41 Å². The van der Waals surface area contributed by atoms with Gasteiger partial charge in [0.1, 0.15) is 5.76 Å². The van der Waals surface area contributed by atoms with Gasteiger partial charge in [-0.1, -0.05) is 13.8 Å². The molecule has 1 rings (SSSR count). The van der Waals surface area contributed by atoms with Crippen LogP contribution in [0.1, 0.15) is 26.7 Å². The zero-order valence-electron chi connectivity index (χ0n) is 10.2. The Morgan fingerprint density at radius 1 is 1.44 bits per heavy atom. The number of amides is 1. The molecule has 0 saturated heterocycles. The second kappa shape index (κ2) is 4.65. The van der Waals surface area contributed by atoms with Crippen molar-refractivity contribution in [2.24, 2.45) is 5.41 Å². The van der Waals surface area contributed by atoms with E-state index in [1.165, 1.54) is 11.1 Å². The molecule has 1 N–H and O–H groups in total. The van der Waals surface area contributed by atoms with Gasteiger partial charge in [-0.2, -0.15) is 0 Å². The average Bonchev–Trinajstić information content (AvgIpc) is 1.95. The highest BCUT2D eigenvalue weighted by Crippen LogP contribution is 2.33. The first-order chi connectivity index (χ1) is 7.28. The SMILES string of the molecule is CN(C)NC(=O)OC1=CC(=O)CC(C)(C)C1. The van der Waals surface area contributed by atoms with Gasteiger partial charge in [-0.15, -0.1) is 0 Å². The molecule has 0 fully saturated rings. The van der Waals surface area contributed by atoms with E-state index in [1.807, 2.05) is 13.8 Å². The summed E-state index contributed by atoms with van der Waals surface area (Å²) in [6.07, 6.45) is 1.93. The van der Waals surface area contributed by atoms with Gasteiger partial charge in [0.25, 0.3) is 0 Å². The van der Waals surface area contributed by atoms with Crippen molar-refractivity contribution in [2.75, 3.05) is 14.1 Å². The van der Waals surface area contributed by atoms with Crippen LogP contribution in [-0.2, 0) is 9.53 Å². The van der Waals surface area contributed by atoms with Gasteiger partial charge in [0.05, 0.1) is 0 Å². The molecular formula is C11H18N2O3. The van der Waals surface area contributed by atoms with Crippen LogP contribution in [0.15, 0.2) is 11.8 Å². The fourth-order valence-corrected chi connectivity index (χ4v) is 1.68. The number of ketones is 1. The molecule has 0 heterocycles. The molecule has 5 nitrogen and oxygen atoms in total. The Morgan fingerprint density at radius 2 is 2.06 bits per heavy atom. The summed E-state index contributed by atoms with van der Waals surface area (Å²) in [5, 5.41) is 1.48. The molecule has 0 saturated carbocycles. The minimum atomic E-state index is -0.568. The third-order valence-electron chi connectivity index (χ3n) is 2.17. The summed E-state index contributed by atoms with van der Waals surface area (Å²) in [6.45, 7) is 3.95. The van der Waals surface area contributed by atoms with Gasteiger partial charge in [-0.25, -0.2) is 9.80 Å². The van der Waals surface area contributed by atoms with Crippen LogP contribution < -0.4 is 5.43 Å². The van der Waals surface area contributed by atoms with Crippen LogP contribution in [0.4, 0.5) is 4.79 Å². The zero-order valence-corrected chi connectivity index (χ0v) is 10.2. The maximum Gasteiger partial charge on any atom is 0.426 e. The van der Waals surface area contributed by atoms with Crippen LogP contribution in [0.2, 0.25) is 0 Å². The number of nitrogens with one attached hydrogen (secondary N) is 1. The van der Waals surface area contributed by atoms with Gasteiger partial charge in [0.15, 0.2) is 5.78 Å². The van der Waals surface area contributed by atoms with Crippen molar-refractivity contribution in [1.82, 2.24) is 10.4 Å². The summed E-state index contributed by atoms with van der Waals surface area (Å²) in [6, 6.07) is 0. The van der Waals surface area contributed by atoms with E-state index in [2.05, 4.69) is 5.43 Å². The second-order valence-corrected chi connectivity index (χ2v) is 4.99. The fraction of sp³-hybridized carbons (Fsp3) is 0.636. The molecule has 1 aliphatic carbocycles. The van der Waals surface area contributed by atoms with Crippen molar-refractivity contribution in [3.63, 3.8) is 0 Å². The van der Waals surface area contributed by atoms with E-state index < -0.39 is 6.09 Å². The summed E-state index contributed by atoms with van der Waals surface area (Å²) in [4.78, 5) is 22.7. The number of carbonyl (C=O) groups is 2. The molecule has 90 valence electrons. The quantitative estimate of drug-likeness (QED) is 0.724. The van der Waals surface area contributed by atoms with Gasteiger partial charge in [0, 0.05) is 33.0 Å². The molecule has 0 aromatic heterocycles. The zero-order chi connectivity index (χ0) is 12.3. The molecule has 0 unspecified atom stereocenters. The highest BCUT2D eigenvalue weighted by atomic mass is 16.6. The van der Waals surface area contributed by atoms with E-state index in [-0.39, 0.29) is 11.2 Å². The molecular weight excluding hydrogens is 208 g/mol. The first kappa shape index (κ1) is 12.7. The Bertz CT molecular complexity index is 332. The molecule has 0 bridgehead atoms. The fourth-order valence-electron chi connectivity index (χ4n) is 1.68. The van der Waals surface area contributed by atoms with E-state index in [0.717, 1.165) is 0 Å². The van der Waals surface area contributed by atoms with E-state index in [1.54, 1.807) is 14.1 Å². The van der Waals surface area contributed by atoms with Crippen LogP contribution in [0.5, 0.6) is 0 Å². The Hall–Kier alpha value is -1.36. The van der Waals surface area contributed by atoms with Gasteiger partial charge >= 0.3 is 6.09 Å². The summed E-state index contributed by atoms with van der Waals surface area (Å²) < 4.78 is 5.06. The van der Waals surface area contributed by atoms with Crippen LogP contribution in [0.3, 0.4) is 0 Å². The van der Waals surface area contributed by atoms with Crippen molar-refractivity contribution < 1.29 is 14.3 Å². The second-order valence-electron chi connectivity index (χ2n) is 4.99. The van der Waals surface area contributed by atoms with Crippen LogP contribution in [0, 0.1) is 5.41 Å². The van der Waals surface area contributed by atoms with Gasteiger partial charge in [0.2, 0.25) is 0 Å². The lowest BCUT2D eigenvalue weighted by Gasteiger charge is -2.28. The molecule has 5 heteroatoms. The highest BCUT2D eigenvalue weighted by Gasteiger charge is 2.29. The summed E-state index contributed by atoms with van der Waals surface area (Å²) in [5.74, 6) is 0.435. The predicted molar refractivity (Wildman–Crippen MR) is 59.4 cm³/mol. The van der Waals surface area contributed by atoms with Crippen LogP contribution in [-0.4, -0.2) is 31.0 Å². The number of allylic oxidation sites excluding steroid dienone is 2. The topological polar surface area (TPSA) is 58.6 Å². The van der Waals surface area contributed by atoms with Crippen molar-refractivity contribution in [1.29, 1.82) is 0 Å². The molecule has 0 aromatic carbocycles. The Kier molecular flexibility index (Phi) is 3.70. The van der Waals surface area contributed by atoms with Crippen molar-refractivity contribution >= 4 is 11.9 Å². The Labute approximate surface area is 95.4 Å². The number of nitrogens with zero attached hydrogens (tertiary/aromatic N) is 1. The number of hydrogen-bond acceptors (Lipinski definition) is 4. The largest absolute Gasteiger partial charge is 0.426 e. The number of carbonyl (C=O) groups excluding carboxylic acids is 2. The number of rotatable bonds is 2. The van der Waals surface area contributed by atoms with Crippen molar-refractivity contribution in [2.45, 2.75) is 26.7 Å². The third kappa shape index (κ3) is 4.02. The van der Waals surface area contributed by atoms with Crippen molar-refractivity contribution in [3.8, 4) is 0 Å². The van der Waals surface area contributed by atoms with Gasteiger partial charge < -0.3 is 4.74 Å². The Morgan fingerprint density at radius 3 is 2.56 bits per heavy atom. The summed E-state index contributed by atoms with van der Waals surface area (Å²) >= 11 is 0. The standard InChI is InChI=1S/C11H18N2O3/c1-11(2)6-8(14)5-9(7-11)16-10(15)12-13(3)4/h5H,6-7H2,1-4H3,(H,12,15). The lowest BCUT2D eigenvalue weighted by atomic mass is 9.79. The number of hydrogen-bond donors (Lipinski definition) is 1. The molecule has 1 amide bonds. The summed E-state index contributed by atoms with van der Waals surface area (Å²) in [5.41, 5.74) is 2.31. The lowest BCUT2D eigenvalue weighted by molar-refractivity contribution is -0.117. The normalized spacial score (nSPS) is 19.3. The average molecular weight is 226 g/mol. The molecule has 16 heavy (non-hydrogen) atoms. The summed E-state index contributed by atoms with van der Waals surface area (Å²) in [7, 11) is 3.37. The minimum absolute atomic E-state index is 0.00361. The van der Waals surface area contributed by atoms with Gasteiger partial charge in [-0.3, -0.25) is 10.2 Å². The molecule has 0 aliphatic heterocycles. The van der Waals surface area contributed by atoms with E-state index in [4.69, 9.17) is 4.74 Å². The van der Waals surface area contributed by atoms with E-state index >= 15 is 0 Å². The predicted octanol–water partition coefficient (Wildman–Crippen LogP) is 1.46. The number of ether oxygens (including phenoxy) is 1. The lowest BCUT2D eigenvalue weighted by Crippen LogP contribution is -2.37. The maximum atomic E-state index is 11.4. The van der Waals surface area contributed by atoms with Crippen LogP contribution in [0.25, 0.3) is 0 Å². The molecule has 0 atom stereocenters. The molecule has 0 radical (unpaired) electrons. The molecule has 1 aliphatic rings. The molecule has 0 aromatic rings. The third-order valence-corrected chi connectivity index (χ3v) is 2.17. The van der Waals surface area contributed by atoms with Crippen molar-refractivity contribution in [3.05, 3.63) is 11.8 Å². The highest BCUT2D eigenvalue weighted by molar-refractivity contribution is 5.91. The first-order valence-corrected chi connectivity index (χ1v) is 5.18. The molecule has 0 spiro atoms. The van der Waals surface area contributed by atoms with E-state index in [0.29, 0.717) is 18.6 Å². The van der Waals surface area contributed by atoms with Crippen LogP contribution >= 0.6 is 0 Å². The monoisotopic (exact) mass is 226 g/mol. The maximum absolute atomic E-state index is 11.4.